The Labute approximate surface area is 108 Å². The van der Waals surface area contributed by atoms with Gasteiger partial charge in [-0.1, -0.05) is 0 Å². The fraction of sp³-hybridized carbons (Fsp3) is 0.308. The molecule has 0 spiro atoms. The van der Waals surface area contributed by atoms with Gasteiger partial charge < -0.3 is 5.32 Å². The van der Waals surface area contributed by atoms with Crippen LogP contribution >= 0.6 is 11.3 Å². The summed E-state index contributed by atoms with van der Waals surface area (Å²) in [6.45, 7) is 1.50. The van der Waals surface area contributed by atoms with Crippen molar-refractivity contribution in [3.63, 3.8) is 0 Å². The molecule has 1 N–H and O–H groups in total. The number of thiazole rings is 1. The van der Waals surface area contributed by atoms with Crippen LogP contribution in [0, 0.1) is 0 Å². The van der Waals surface area contributed by atoms with Crippen LogP contribution in [-0.2, 0) is 0 Å². The van der Waals surface area contributed by atoms with Crippen molar-refractivity contribution in [3.8, 4) is 0 Å². The van der Waals surface area contributed by atoms with Gasteiger partial charge in [0.1, 0.15) is 0 Å². The van der Waals surface area contributed by atoms with Crippen LogP contribution in [0.5, 0.6) is 0 Å². The van der Waals surface area contributed by atoms with Crippen molar-refractivity contribution in [2.75, 3.05) is 0 Å². The van der Waals surface area contributed by atoms with Crippen LogP contribution < -0.4 is 5.32 Å². The number of nitrogens with zero attached hydrogens (tertiary/aromatic N) is 1. The molecule has 1 aliphatic carbocycles. The molecule has 2 aromatic rings. The lowest BCUT2D eigenvalue weighted by Crippen LogP contribution is -2.25. The number of rotatable bonds is 3. The number of nitrogens with one attached hydrogen (secondary N) is 1. The van der Waals surface area contributed by atoms with E-state index in [1.807, 2.05) is 0 Å². The Hall–Kier alpha value is -1.75. The molecule has 18 heavy (non-hydrogen) atoms. The van der Waals surface area contributed by atoms with Gasteiger partial charge in [0.2, 0.25) is 0 Å². The highest BCUT2D eigenvalue weighted by atomic mass is 32.1. The van der Waals surface area contributed by atoms with E-state index in [-0.39, 0.29) is 11.7 Å². The predicted molar refractivity (Wildman–Crippen MR) is 70.1 cm³/mol. The Bertz CT molecular complexity index is 643. The number of hydrogen-bond acceptors (Lipinski definition) is 4. The fourth-order valence-corrected chi connectivity index (χ4v) is 2.61. The first-order valence-electron chi connectivity index (χ1n) is 5.86. The normalized spacial score (nSPS) is 14.7. The van der Waals surface area contributed by atoms with E-state index in [1.165, 1.54) is 18.3 Å². The Balaban J connectivity index is 1.94. The van der Waals surface area contributed by atoms with Gasteiger partial charge in [0.05, 0.1) is 10.2 Å². The first-order chi connectivity index (χ1) is 8.63. The van der Waals surface area contributed by atoms with Crippen LogP contribution in [0.3, 0.4) is 0 Å². The zero-order valence-corrected chi connectivity index (χ0v) is 10.7. The lowest BCUT2D eigenvalue weighted by Gasteiger charge is -2.02. The maximum Gasteiger partial charge on any atom is 0.251 e. The maximum absolute atomic E-state index is 11.9. The number of aromatic nitrogens is 1. The van der Waals surface area contributed by atoms with Gasteiger partial charge in [-0.25, -0.2) is 4.98 Å². The van der Waals surface area contributed by atoms with Gasteiger partial charge in [-0.05, 0) is 31.0 Å². The SMILES string of the molecule is CC(=O)c1nc2ccc(C(=O)NC3CC3)cc2s1. The first-order valence-corrected chi connectivity index (χ1v) is 6.67. The van der Waals surface area contributed by atoms with E-state index in [9.17, 15) is 9.59 Å². The number of fused-ring (bicyclic) bond motifs is 1. The fourth-order valence-electron chi connectivity index (χ4n) is 1.71. The number of amides is 1. The topological polar surface area (TPSA) is 59.1 Å². The summed E-state index contributed by atoms with van der Waals surface area (Å²) in [7, 11) is 0. The van der Waals surface area contributed by atoms with E-state index < -0.39 is 0 Å². The minimum absolute atomic E-state index is 0.0415. The Kier molecular flexibility index (Phi) is 2.63. The van der Waals surface area contributed by atoms with Crippen molar-refractivity contribution in [2.45, 2.75) is 25.8 Å². The molecule has 1 aromatic heterocycles. The maximum atomic E-state index is 11.9. The molecule has 4 nitrogen and oxygen atoms in total. The number of benzene rings is 1. The van der Waals surface area contributed by atoms with Crippen molar-refractivity contribution in [1.82, 2.24) is 10.3 Å². The second kappa shape index (κ2) is 4.17. The first kappa shape index (κ1) is 11.3. The Morgan fingerprint density at radius 2 is 2.17 bits per heavy atom. The molecular formula is C13H12N2O2S. The molecule has 0 aliphatic heterocycles. The molecule has 3 rings (SSSR count). The van der Waals surface area contributed by atoms with Crippen molar-refractivity contribution in [2.24, 2.45) is 0 Å². The number of carbonyl (C=O) groups excluding carboxylic acids is 2. The van der Waals surface area contributed by atoms with Crippen LogP contribution in [0.1, 0.15) is 39.9 Å². The molecule has 0 radical (unpaired) electrons. The third-order valence-electron chi connectivity index (χ3n) is 2.86. The second-order valence-electron chi connectivity index (χ2n) is 4.51. The van der Waals surface area contributed by atoms with Crippen molar-refractivity contribution < 1.29 is 9.59 Å². The highest BCUT2D eigenvalue weighted by Gasteiger charge is 2.24. The lowest BCUT2D eigenvalue weighted by molar-refractivity contribution is 0.0950. The van der Waals surface area contributed by atoms with Gasteiger partial charge in [-0.15, -0.1) is 11.3 Å². The van der Waals surface area contributed by atoms with Gasteiger partial charge in [-0.3, -0.25) is 9.59 Å². The average molecular weight is 260 g/mol. The number of ketones is 1. The summed E-state index contributed by atoms with van der Waals surface area (Å²) in [4.78, 5) is 27.4. The summed E-state index contributed by atoms with van der Waals surface area (Å²) >= 11 is 1.33. The number of Topliss-reactive ketones (excluding diaryl/α,β-unsaturated/α-hetero) is 1. The molecule has 92 valence electrons. The minimum Gasteiger partial charge on any atom is -0.349 e. The Morgan fingerprint density at radius 3 is 2.83 bits per heavy atom. The standard InChI is InChI=1S/C13H12N2O2S/c1-7(16)13-15-10-5-2-8(6-11(10)18-13)12(17)14-9-3-4-9/h2,5-6,9H,3-4H2,1H3,(H,14,17). The van der Waals surface area contributed by atoms with E-state index in [1.54, 1.807) is 18.2 Å². The molecule has 1 saturated carbocycles. The predicted octanol–water partition coefficient (Wildman–Crippen LogP) is 2.39. The molecule has 5 heteroatoms. The zero-order chi connectivity index (χ0) is 12.7. The summed E-state index contributed by atoms with van der Waals surface area (Å²) in [5.74, 6) is -0.0858. The molecule has 0 saturated heterocycles. The summed E-state index contributed by atoms with van der Waals surface area (Å²) < 4.78 is 0.878. The van der Waals surface area contributed by atoms with Crippen molar-refractivity contribution in [3.05, 3.63) is 28.8 Å². The quantitative estimate of drug-likeness (QED) is 0.862. The van der Waals surface area contributed by atoms with Gasteiger partial charge in [0.25, 0.3) is 5.91 Å². The molecule has 1 aromatic carbocycles. The Morgan fingerprint density at radius 1 is 1.39 bits per heavy atom. The van der Waals surface area contributed by atoms with Gasteiger partial charge in [0.15, 0.2) is 10.8 Å². The van der Waals surface area contributed by atoms with Crippen LogP contribution in [0.25, 0.3) is 10.2 Å². The molecule has 1 fully saturated rings. The van der Waals surface area contributed by atoms with Gasteiger partial charge in [-0.2, -0.15) is 0 Å². The summed E-state index contributed by atoms with van der Waals surface area (Å²) in [5, 5.41) is 3.43. The smallest absolute Gasteiger partial charge is 0.251 e. The molecule has 0 unspecified atom stereocenters. The van der Waals surface area contributed by atoms with E-state index in [0.717, 1.165) is 23.1 Å². The molecule has 1 amide bonds. The molecule has 0 bridgehead atoms. The minimum atomic E-state index is -0.0443. The summed E-state index contributed by atoms with van der Waals surface area (Å²) in [6.07, 6.45) is 2.14. The highest BCUT2D eigenvalue weighted by molar-refractivity contribution is 7.20. The highest BCUT2D eigenvalue weighted by Crippen LogP contribution is 2.24. The summed E-state index contributed by atoms with van der Waals surface area (Å²) in [6, 6.07) is 5.70. The third kappa shape index (κ3) is 2.13. The zero-order valence-electron chi connectivity index (χ0n) is 9.90. The molecular weight excluding hydrogens is 248 g/mol. The molecule has 1 aliphatic rings. The molecule has 1 heterocycles. The monoisotopic (exact) mass is 260 g/mol. The lowest BCUT2D eigenvalue weighted by atomic mass is 10.2. The van der Waals surface area contributed by atoms with Crippen LogP contribution in [0.4, 0.5) is 0 Å². The van der Waals surface area contributed by atoms with E-state index in [4.69, 9.17) is 0 Å². The van der Waals surface area contributed by atoms with Crippen molar-refractivity contribution in [1.29, 1.82) is 0 Å². The molecule has 0 atom stereocenters. The second-order valence-corrected chi connectivity index (χ2v) is 5.54. The number of hydrogen-bond donors (Lipinski definition) is 1. The van der Waals surface area contributed by atoms with E-state index in [0.29, 0.717) is 16.6 Å². The summed E-state index contributed by atoms with van der Waals surface area (Å²) in [5.41, 5.74) is 1.40. The third-order valence-corrected chi connectivity index (χ3v) is 3.98. The van der Waals surface area contributed by atoms with Crippen LogP contribution in [0.2, 0.25) is 0 Å². The van der Waals surface area contributed by atoms with Gasteiger partial charge in [0, 0.05) is 18.5 Å². The van der Waals surface area contributed by atoms with E-state index in [2.05, 4.69) is 10.3 Å². The van der Waals surface area contributed by atoms with Crippen molar-refractivity contribution >= 4 is 33.2 Å². The van der Waals surface area contributed by atoms with Crippen LogP contribution in [-0.4, -0.2) is 22.7 Å². The van der Waals surface area contributed by atoms with Gasteiger partial charge >= 0.3 is 0 Å². The van der Waals surface area contributed by atoms with Crippen LogP contribution in [0.15, 0.2) is 18.2 Å². The number of carbonyl (C=O) groups is 2. The van der Waals surface area contributed by atoms with E-state index >= 15 is 0 Å². The largest absolute Gasteiger partial charge is 0.349 e. The average Bonchev–Trinajstić information content (AvgIpc) is 3.04.